The van der Waals surface area contributed by atoms with E-state index in [4.69, 9.17) is 27.5 Å². The fourth-order valence-electron chi connectivity index (χ4n) is 1.80. The van der Waals surface area contributed by atoms with Gasteiger partial charge in [0.1, 0.15) is 17.3 Å². The zero-order valence-corrected chi connectivity index (χ0v) is 12.8. The first-order valence-corrected chi connectivity index (χ1v) is 6.24. The summed E-state index contributed by atoms with van der Waals surface area (Å²) < 4.78 is 5.76. The van der Waals surface area contributed by atoms with E-state index < -0.39 is 0 Å². The zero-order valence-electron chi connectivity index (χ0n) is 11.2. The summed E-state index contributed by atoms with van der Waals surface area (Å²) in [4.78, 5) is 0. The maximum atomic E-state index is 7.33. The second kappa shape index (κ2) is 6.64. The lowest BCUT2D eigenvalue weighted by atomic mass is 10.1. The number of nitrogens with two attached hydrogens (primary N) is 1. The van der Waals surface area contributed by atoms with Crippen LogP contribution in [0, 0.1) is 19.3 Å². The minimum Gasteiger partial charge on any atom is -0.457 e. The van der Waals surface area contributed by atoms with Crippen LogP contribution in [0.3, 0.4) is 0 Å². The maximum absolute atomic E-state index is 7.33. The van der Waals surface area contributed by atoms with E-state index >= 15 is 0 Å². The molecule has 0 aliphatic heterocycles. The Labute approximate surface area is 129 Å². The molecule has 0 saturated carbocycles. The number of halogens is 2. The van der Waals surface area contributed by atoms with Crippen molar-refractivity contribution in [3.8, 4) is 11.5 Å². The molecule has 0 radical (unpaired) electrons. The van der Waals surface area contributed by atoms with Crippen LogP contribution in [0.25, 0.3) is 0 Å². The second-order valence-electron chi connectivity index (χ2n) is 4.41. The Balaban J connectivity index is 0.00000200. The second-order valence-corrected chi connectivity index (χ2v) is 4.79. The van der Waals surface area contributed by atoms with E-state index in [9.17, 15) is 0 Å². The van der Waals surface area contributed by atoms with E-state index in [1.54, 1.807) is 24.3 Å². The van der Waals surface area contributed by atoms with Crippen molar-refractivity contribution in [2.45, 2.75) is 13.8 Å². The smallest absolute Gasteiger partial charge is 0.128 e. The van der Waals surface area contributed by atoms with Crippen LogP contribution in [0.15, 0.2) is 36.4 Å². The van der Waals surface area contributed by atoms with Crippen LogP contribution in [0.2, 0.25) is 5.02 Å². The van der Waals surface area contributed by atoms with E-state index in [-0.39, 0.29) is 18.2 Å². The molecule has 0 spiro atoms. The summed E-state index contributed by atoms with van der Waals surface area (Å²) in [5.74, 6) is 1.49. The molecule has 0 amide bonds. The monoisotopic (exact) mass is 310 g/mol. The van der Waals surface area contributed by atoms with Crippen LogP contribution in [0.5, 0.6) is 11.5 Å². The number of aryl methyl sites for hydroxylation is 2. The van der Waals surface area contributed by atoms with Crippen molar-refractivity contribution in [2.24, 2.45) is 5.73 Å². The van der Waals surface area contributed by atoms with Gasteiger partial charge in [-0.05, 0) is 61.4 Å². The molecule has 0 heterocycles. The highest BCUT2D eigenvalue weighted by atomic mass is 35.5. The van der Waals surface area contributed by atoms with E-state index in [1.807, 2.05) is 26.0 Å². The first-order valence-electron chi connectivity index (χ1n) is 5.86. The third kappa shape index (κ3) is 3.65. The SMILES string of the molecule is Cc1cc(Oc2ccc(C(=N)N)cc2)cc(C)c1Cl.Cl. The van der Waals surface area contributed by atoms with Crippen LogP contribution in [0.4, 0.5) is 0 Å². The van der Waals surface area contributed by atoms with Crippen LogP contribution >= 0.6 is 24.0 Å². The van der Waals surface area contributed by atoms with Crippen molar-refractivity contribution < 1.29 is 4.74 Å². The molecule has 0 aliphatic rings. The van der Waals surface area contributed by atoms with E-state index in [0.29, 0.717) is 11.3 Å². The normalized spacial score (nSPS) is 9.75. The van der Waals surface area contributed by atoms with Gasteiger partial charge in [0.25, 0.3) is 0 Å². The van der Waals surface area contributed by atoms with Crippen molar-refractivity contribution in [3.63, 3.8) is 0 Å². The molecule has 5 heteroatoms. The first kappa shape index (κ1) is 16.3. The quantitative estimate of drug-likeness (QED) is 0.649. The molecule has 2 rings (SSSR count). The summed E-state index contributed by atoms with van der Waals surface area (Å²) in [5, 5.41) is 8.09. The number of nitrogen functional groups attached to an aromatic ring is 1. The highest BCUT2D eigenvalue weighted by molar-refractivity contribution is 6.32. The van der Waals surface area contributed by atoms with Crippen LogP contribution in [-0.2, 0) is 0 Å². The van der Waals surface area contributed by atoms with Crippen LogP contribution in [-0.4, -0.2) is 5.84 Å². The van der Waals surface area contributed by atoms with Crippen molar-refractivity contribution >= 4 is 29.8 Å². The molecule has 0 atom stereocenters. The third-order valence-electron chi connectivity index (χ3n) is 2.81. The van der Waals surface area contributed by atoms with Crippen LogP contribution < -0.4 is 10.5 Å². The molecule has 0 bridgehead atoms. The number of rotatable bonds is 3. The third-order valence-corrected chi connectivity index (χ3v) is 3.41. The lowest BCUT2D eigenvalue weighted by Gasteiger charge is -2.10. The zero-order chi connectivity index (χ0) is 14.0. The minimum atomic E-state index is 0. The fraction of sp³-hybridized carbons (Fsp3) is 0.133. The molecule has 20 heavy (non-hydrogen) atoms. The van der Waals surface area contributed by atoms with Crippen molar-refractivity contribution in [3.05, 3.63) is 58.1 Å². The summed E-state index contributed by atoms with van der Waals surface area (Å²) in [6, 6.07) is 10.9. The summed E-state index contributed by atoms with van der Waals surface area (Å²) in [6.45, 7) is 3.89. The van der Waals surface area contributed by atoms with Crippen molar-refractivity contribution in [1.29, 1.82) is 5.41 Å². The number of nitrogens with one attached hydrogen (secondary N) is 1. The molecule has 0 aliphatic carbocycles. The van der Waals surface area contributed by atoms with Gasteiger partial charge in [-0.15, -0.1) is 12.4 Å². The Morgan fingerprint density at radius 2 is 1.55 bits per heavy atom. The molecule has 106 valence electrons. The fourth-order valence-corrected chi connectivity index (χ4v) is 1.91. The van der Waals surface area contributed by atoms with Gasteiger partial charge < -0.3 is 10.5 Å². The average molecular weight is 311 g/mol. The standard InChI is InChI=1S/C15H15ClN2O.ClH/c1-9-7-13(8-10(2)14(9)16)19-12-5-3-11(4-6-12)15(17)18;/h3-8H,1-2H3,(H3,17,18);1H. The number of hydrogen-bond donors (Lipinski definition) is 2. The lowest BCUT2D eigenvalue weighted by molar-refractivity contribution is 0.482. The van der Waals surface area contributed by atoms with E-state index in [0.717, 1.165) is 21.9 Å². The Morgan fingerprint density at radius 3 is 2.00 bits per heavy atom. The topological polar surface area (TPSA) is 59.1 Å². The van der Waals surface area contributed by atoms with E-state index in [1.165, 1.54) is 0 Å². The predicted molar refractivity (Wildman–Crippen MR) is 85.7 cm³/mol. The molecule has 3 N–H and O–H groups in total. The van der Waals surface area contributed by atoms with Gasteiger partial charge in [0.05, 0.1) is 0 Å². The molecule has 0 aromatic heterocycles. The van der Waals surface area contributed by atoms with Gasteiger partial charge in [-0.25, -0.2) is 0 Å². The van der Waals surface area contributed by atoms with Gasteiger partial charge in [-0.2, -0.15) is 0 Å². The molecule has 3 nitrogen and oxygen atoms in total. The Morgan fingerprint density at radius 1 is 1.05 bits per heavy atom. The van der Waals surface area contributed by atoms with Gasteiger partial charge >= 0.3 is 0 Å². The Bertz CT molecular complexity index is 601. The Kier molecular flexibility index (Phi) is 5.43. The summed E-state index contributed by atoms with van der Waals surface area (Å²) in [5.41, 5.74) is 8.04. The number of ether oxygens (including phenoxy) is 1. The molecule has 0 fully saturated rings. The molecule has 2 aromatic carbocycles. The number of benzene rings is 2. The van der Waals surface area contributed by atoms with Gasteiger partial charge in [-0.1, -0.05) is 11.6 Å². The maximum Gasteiger partial charge on any atom is 0.128 e. The van der Waals surface area contributed by atoms with Gasteiger partial charge in [0.15, 0.2) is 0 Å². The highest BCUT2D eigenvalue weighted by Crippen LogP contribution is 2.29. The van der Waals surface area contributed by atoms with Crippen molar-refractivity contribution in [1.82, 2.24) is 0 Å². The van der Waals surface area contributed by atoms with Gasteiger partial charge in [0.2, 0.25) is 0 Å². The largest absolute Gasteiger partial charge is 0.457 e. The first-order chi connectivity index (χ1) is 8.97. The average Bonchev–Trinajstić information content (AvgIpc) is 2.36. The molecular weight excluding hydrogens is 295 g/mol. The summed E-state index contributed by atoms with van der Waals surface area (Å²) in [7, 11) is 0. The van der Waals surface area contributed by atoms with E-state index in [2.05, 4.69) is 0 Å². The Hall–Kier alpha value is -1.71. The highest BCUT2D eigenvalue weighted by Gasteiger charge is 2.05. The van der Waals surface area contributed by atoms with Crippen LogP contribution in [0.1, 0.15) is 16.7 Å². The molecule has 0 saturated heterocycles. The summed E-state index contributed by atoms with van der Waals surface area (Å²) in [6.07, 6.45) is 0. The minimum absolute atomic E-state index is 0. The lowest BCUT2D eigenvalue weighted by Crippen LogP contribution is -2.10. The molecule has 0 unspecified atom stereocenters. The van der Waals surface area contributed by atoms with Gasteiger partial charge in [0, 0.05) is 10.6 Å². The molecular formula is C15H16Cl2N2O. The van der Waals surface area contributed by atoms with Gasteiger partial charge in [-0.3, -0.25) is 5.41 Å². The van der Waals surface area contributed by atoms with Crippen molar-refractivity contribution in [2.75, 3.05) is 0 Å². The number of hydrogen-bond acceptors (Lipinski definition) is 2. The number of amidine groups is 1. The predicted octanol–water partition coefficient (Wildman–Crippen LogP) is 4.46. The molecule has 2 aromatic rings. The summed E-state index contributed by atoms with van der Waals surface area (Å²) >= 11 is 6.12.